The normalized spacial score (nSPS) is 21.0. The Bertz CT molecular complexity index is 1080. The first kappa shape index (κ1) is 19.8. The molecule has 1 aliphatic carbocycles. The zero-order valence-electron chi connectivity index (χ0n) is 17.7. The molecule has 1 aromatic heterocycles. The summed E-state index contributed by atoms with van der Waals surface area (Å²) in [5.41, 5.74) is 4.99. The Morgan fingerprint density at radius 2 is 1.97 bits per heavy atom. The largest absolute Gasteiger partial charge is 0.472 e. The van der Waals surface area contributed by atoms with Gasteiger partial charge in [-0.15, -0.1) is 0 Å². The number of carbonyl (C=O) groups excluding carboxylic acids is 1. The molecule has 5 rings (SSSR count). The van der Waals surface area contributed by atoms with Crippen molar-refractivity contribution in [2.45, 2.75) is 51.2 Å². The fraction of sp³-hybridized carbons (Fsp3) is 0.360. The van der Waals surface area contributed by atoms with Gasteiger partial charge in [0, 0.05) is 12.4 Å². The lowest BCUT2D eigenvalue weighted by atomic mass is 9.90. The van der Waals surface area contributed by atoms with Crippen molar-refractivity contribution in [3.63, 3.8) is 0 Å². The van der Waals surface area contributed by atoms with E-state index in [-0.39, 0.29) is 18.7 Å². The maximum absolute atomic E-state index is 13.3. The average molecular weight is 418 g/mol. The van der Waals surface area contributed by atoms with Crippen molar-refractivity contribution in [1.82, 2.24) is 14.7 Å². The number of ether oxygens (including phenoxy) is 1. The number of benzene rings is 2. The number of fused-ring (bicyclic) bond motifs is 1. The zero-order valence-corrected chi connectivity index (χ0v) is 17.7. The highest BCUT2D eigenvalue weighted by atomic mass is 16.5. The Kier molecular flexibility index (Phi) is 5.24. The quantitative estimate of drug-likeness (QED) is 0.700. The molecule has 2 atom stereocenters. The molecule has 6 heteroatoms. The summed E-state index contributed by atoms with van der Waals surface area (Å²) in [6, 6.07) is 14.0. The molecule has 31 heavy (non-hydrogen) atoms. The topological polar surface area (TPSA) is 67.6 Å². The van der Waals surface area contributed by atoms with Crippen molar-refractivity contribution in [3.8, 4) is 11.4 Å². The van der Waals surface area contributed by atoms with Crippen LogP contribution in [0.25, 0.3) is 5.69 Å². The van der Waals surface area contributed by atoms with Crippen molar-refractivity contribution in [2.75, 3.05) is 6.73 Å². The highest BCUT2D eigenvalue weighted by molar-refractivity contribution is 5.98. The van der Waals surface area contributed by atoms with Gasteiger partial charge < -0.3 is 9.84 Å². The van der Waals surface area contributed by atoms with Crippen LogP contribution in [0.4, 0.5) is 0 Å². The molecule has 2 aromatic carbocycles. The van der Waals surface area contributed by atoms with Crippen molar-refractivity contribution in [2.24, 2.45) is 0 Å². The van der Waals surface area contributed by atoms with Crippen LogP contribution in [0.1, 0.15) is 52.7 Å². The summed E-state index contributed by atoms with van der Waals surface area (Å²) in [7, 11) is 0. The van der Waals surface area contributed by atoms with Gasteiger partial charge in [0.1, 0.15) is 5.75 Å². The van der Waals surface area contributed by atoms with E-state index in [0.717, 1.165) is 48.9 Å². The maximum atomic E-state index is 13.3. The third-order valence-electron chi connectivity index (χ3n) is 6.48. The first-order valence-electron chi connectivity index (χ1n) is 10.9. The van der Waals surface area contributed by atoms with Crippen molar-refractivity contribution < 1.29 is 14.6 Å². The number of aliphatic hydroxyl groups is 1. The second kappa shape index (κ2) is 8.19. The lowest BCUT2D eigenvalue weighted by molar-refractivity contribution is -0.0124. The smallest absolute Gasteiger partial charge is 0.260 e. The van der Waals surface area contributed by atoms with Gasteiger partial charge in [0.05, 0.1) is 23.4 Å². The molecule has 160 valence electrons. The van der Waals surface area contributed by atoms with Gasteiger partial charge >= 0.3 is 0 Å². The Morgan fingerprint density at radius 1 is 1.16 bits per heavy atom. The molecule has 0 saturated heterocycles. The fourth-order valence-electron chi connectivity index (χ4n) is 4.67. The molecule has 0 unspecified atom stereocenters. The first-order valence-corrected chi connectivity index (χ1v) is 10.9. The molecule has 6 nitrogen and oxygen atoms in total. The van der Waals surface area contributed by atoms with Crippen LogP contribution in [0.3, 0.4) is 0 Å². The Balaban J connectivity index is 1.38. The third kappa shape index (κ3) is 3.83. The van der Waals surface area contributed by atoms with Crippen molar-refractivity contribution in [1.29, 1.82) is 0 Å². The van der Waals surface area contributed by atoms with E-state index in [2.05, 4.69) is 36.3 Å². The van der Waals surface area contributed by atoms with E-state index in [1.807, 2.05) is 29.1 Å². The van der Waals surface area contributed by atoms with Gasteiger partial charge in [-0.1, -0.05) is 25.0 Å². The summed E-state index contributed by atoms with van der Waals surface area (Å²) < 4.78 is 7.77. The maximum Gasteiger partial charge on any atom is 0.260 e. The Morgan fingerprint density at radius 3 is 2.71 bits per heavy atom. The highest BCUT2D eigenvalue weighted by Crippen LogP contribution is 2.33. The molecule has 1 N–H and O–H groups in total. The lowest BCUT2D eigenvalue weighted by Crippen LogP contribution is -2.51. The summed E-state index contributed by atoms with van der Waals surface area (Å²) >= 11 is 0. The molecule has 0 radical (unpaired) electrons. The molecule has 3 aromatic rings. The van der Waals surface area contributed by atoms with E-state index in [1.165, 1.54) is 5.56 Å². The zero-order chi connectivity index (χ0) is 21.4. The molecule has 0 bridgehead atoms. The molecule has 1 fully saturated rings. The van der Waals surface area contributed by atoms with Crippen molar-refractivity contribution >= 4 is 5.91 Å². The van der Waals surface area contributed by atoms with Crippen LogP contribution >= 0.6 is 0 Å². The second-order valence-electron chi connectivity index (χ2n) is 8.54. The number of hydrogen-bond donors (Lipinski definition) is 1. The first-order chi connectivity index (χ1) is 15.1. The van der Waals surface area contributed by atoms with E-state index in [0.29, 0.717) is 11.3 Å². The van der Waals surface area contributed by atoms with Crippen LogP contribution in [0.5, 0.6) is 5.75 Å². The number of carbonyl (C=O) groups is 1. The molecular formula is C25H27N3O3. The summed E-state index contributed by atoms with van der Waals surface area (Å²) in [6.07, 6.45) is 7.56. The van der Waals surface area contributed by atoms with E-state index < -0.39 is 6.10 Å². The minimum Gasteiger partial charge on any atom is -0.472 e. The van der Waals surface area contributed by atoms with E-state index >= 15 is 0 Å². The second-order valence-corrected chi connectivity index (χ2v) is 8.54. The number of aliphatic hydroxyl groups excluding tert-OH is 1. The molecule has 1 amide bonds. The predicted molar refractivity (Wildman–Crippen MR) is 117 cm³/mol. The Hall–Kier alpha value is -3.12. The van der Waals surface area contributed by atoms with Crippen LogP contribution in [0.2, 0.25) is 0 Å². The van der Waals surface area contributed by atoms with Gasteiger partial charge in [-0.2, -0.15) is 5.10 Å². The van der Waals surface area contributed by atoms with Crippen LogP contribution < -0.4 is 4.74 Å². The monoisotopic (exact) mass is 417 g/mol. The van der Waals surface area contributed by atoms with E-state index in [9.17, 15) is 9.90 Å². The SMILES string of the molecule is Cc1cc2c(cc1Cc1ccc(-n3cccn3)cc1)C(=O)N([C@H]1CCCC[C@@H]1O)CO2. The summed E-state index contributed by atoms with van der Waals surface area (Å²) in [4.78, 5) is 15.0. The molecular weight excluding hydrogens is 390 g/mol. The molecule has 2 aliphatic rings. The summed E-state index contributed by atoms with van der Waals surface area (Å²) in [6.45, 7) is 2.26. The number of aryl methyl sites for hydroxylation is 1. The minimum absolute atomic E-state index is 0.0394. The van der Waals surface area contributed by atoms with E-state index in [4.69, 9.17) is 4.74 Å². The van der Waals surface area contributed by atoms with Gasteiger partial charge in [0.25, 0.3) is 5.91 Å². The van der Waals surface area contributed by atoms with E-state index in [1.54, 1.807) is 11.1 Å². The number of rotatable bonds is 4. The third-order valence-corrected chi connectivity index (χ3v) is 6.48. The van der Waals surface area contributed by atoms with Gasteiger partial charge in [-0.05, 0) is 73.2 Å². The van der Waals surface area contributed by atoms with Crippen LogP contribution in [0.15, 0.2) is 54.9 Å². The van der Waals surface area contributed by atoms with Crippen LogP contribution in [0, 0.1) is 6.92 Å². The predicted octanol–water partition coefficient (Wildman–Crippen LogP) is 3.87. The molecule has 1 aliphatic heterocycles. The number of aromatic nitrogens is 2. The molecule has 0 spiro atoms. The lowest BCUT2D eigenvalue weighted by Gasteiger charge is -2.39. The average Bonchev–Trinajstić information content (AvgIpc) is 3.31. The van der Waals surface area contributed by atoms with Gasteiger partial charge in [-0.3, -0.25) is 9.69 Å². The Labute approximate surface area is 182 Å². The summed E-state index contributed by atoms with van der Waals surface area (Å²) in [5.74, 6) is 0.601. The molecule has 2 heterocycles. The van der Waals surface area contributed by atoms with Crippen LogP contribution in [-0.2, 0) is 6.42 Å². The van der Waals surface area contributed by atoms with Gasteiger partial charge in [-0.25, -0.2) is 4.68 Å². The van der Waals surface area contributed by atoms with Crippen LogP contribution in [-0.4, -0.2) is 44.6 Å². The standard InChI is InChI=1S/C25H27N3O3/c1-17-13-24-21(25(30)27(16-31-24)22-5-2-3-6-23(22)29)15-19(17)14-18-7-9-20(10-8-18)28-12-4-11-26-28/h4,7-13,15,22-23,29H,2-3,5-6,14,16H2,1H3/t22-,23-/m0/s1. The number of hydrogen-bond acceptors (Lipinski definition) is 4. The highest BCUT2D eigenvalue weighted by Gasteiger charge is 2.36. The summed E-state index contributed by atoms with van der Waals surface area (Å²) in [5, 5.41) is 14.7. The number of amides is 1. The van der Waals surface area contributed by atoms with Crippen molar-refractivity contribution in [3.05, 3.63) is 77.1 Å². The number of nitrogens with zero attached hydrogens (tertiary/aromatic N) is 3. The minimum atomic E-state index is -0.471. The molecule has 1 saturated carbocycles. The van der Waals surface area contributed by atoms with Gasteiger partial charge in [0.2, 0.25) is 0 Å². The fourth-order valence-corrected chi connectivity index (χ4v) is 4.67. The van der Waals surface area contributed by atoms with Gasteiger partial charge in [0.15, 0.2) is 6.73 Å².